The van der Waals surface area contributed by atoms with E-state index in [2.05, 4.69) is 20.8 Å². The highest BCUT2D eigenvalue weighted by Crippen LogP contribution is 2.27. The normalized spacial score (nSPS) is 16.8. The molecule has 5 heteroatoms. The quantitative estimate of drug-likeness (QED) is 0.784. The lowest BCUT2D eigenvalue weighted by atomic mass is 9.89. The van der Waals surface area contributed by atoms with Crippen molar-refractivity contribution in [2.24, 2.45) is 5.92 Å². The number of aromatic nitrogens is 2. The minimum atomic E-state index is -0.351. The molecular formula is C19H18FN3O. The molecule has 1 aliphatic rings. The van der Waals surface area contributed by atoms with Gasteiger partial charge in [-0.1, -0.05) is 6.07 Å². The molecule has 2 aromatic heterocycles. The van der Waals surface area contributed by atoms with Crippen LogP contribution in [0.25, 0.3) is 5.65 Å². The predicted octanol–water partition coefficient (Wildman–Crippen LogP) is 3.53. The third kappa shape index (κ3) is 2.66. The van der Waals surface area contributed by atoms with Gasteiger partial charge in [-0.3, -0.25) is 4.79 Å². The van der Waals surface area contributed by atoms with Crippen molar-refractivity contribution in [3.05, 3.63) is 65.4 Å². The predicted molar refractivity (Wildman–Crippen MR) is 90.5 cm³/mol. The number of hydrogen-bond donors (Lipinski definition) is 1. The zero-order chi connectivity index (χ0) is 16.7. The highest BCUT2D eigenvalue weighted by Gasteiger charge is 2.28. The molecule has 1 aromatic carbocycles. The monoisotopic (exact) mass is 323 g/mol. The third-order valence-electron chi connectivity index (χ3n) is 4.60. The van der Waals surface area contributed by atoms with E-state index in [0.29, 0.717) is 12.1 Å². The van der Waals surface area contributed by atoms with Crippen molar-refractivity contribution in [1.29, 1.82) is 0 Å². The highest BCUT2D eigenvalue weighted by molar-refractivity contribution is 5.92. The summed E-state index contributed by atoms with van der Waals surface area (Å²) in [5, 5.41) is 2.82. The summed E-state index contributed by atoms with van der Waals surface area (Å²) < 4.78 is 15.3. The first-order chi connectivity index (χ1) is 11.6. The molecular weight excluding hydrogens is 305 g/mol. The molecule has 4 nitrogen and oxygen atoms in total. The molecule has 4 rings (SSSR count). The fourth-order valence-corrected chi connectivity index (χ4v) is 3.34. The highest BCUT2D eigenvalue weighted by atomic mass is 19.1. The van der Waals surface area contributed by atoms with Crippen molar-refractivity contribution in [3.63, 3.8) is 0 Å². The summed E-state index contributed by atoms with van der Waals surface area (Å²) in [6.07, 6.45) is 4.22. The Bertz CT molecular complexity index is 932. The standard InChI is InChI=1S/C19H18FN3O/c1-12-7-8-23-17-10-13(5-6-16(17)22-18(23)9-12)19(24)21-15-4-2-3-14(20)11-15/h2-4,7-9,11,13H,5-6,10H2,1H3,(H,21,24). The summed E-state index contributed by atoms with van der Waals surface area (Å²) in [5.74, 6) is -0.536. The van der Waals surface area contributed by atoms with Gasteiger partial charge in [0.2, 0.25) is 5.91 Å². The molecule has 0 saturated heterocycles. The van der Waals surface area contributed by atoms with Crippen LogP contribution >= 0.6 is 0 Å². The van der Waals surface area contributed by atoms with Crippen LogP contribution < -0.4 is 5.32 Å². The number of imidazole rings is 1. The number of amides is 1. The van der Waals surface area contributed by atoms with Crippen LogP contribution in [0.4, 0.5) is 10.1 Å². The number of rotatable bonds is 2. The molecule has 2 heterocycles. The molecule has 1 aliphatic carbocycles. The maximum atomic E-state index is 13.3. The van der Waals surface area contributed by atoms with Crippen LogP contribution in [0, 0.1) is 18.7 Å². The minimum Gasteiger partial charge on any atom is -0.326 e. The lowest BCUT2D eigenvalue weighted by Gasteiger charge is -2.21. The number of nitrogens with one attached hydrogen (secondary N) is 1. The molecule has 1 atom stereocenters. The maximum absolute atomic E-state index is 13.3. The first-order valence-corrected chi connectivity index (χ1v) is 8.13. The average molecular weight is 323 g/mol. The Hall–Kier alpha value is -2.69. The molecule has 1 amide bonds. The van der Waals surface area contributed by atoms with Crippen molar-refractivity contribution in [2.75, 3.05) is 5.32 Å². The van der Waals surface area contributed by atoms with Gasteiger partial charge in [-0.05, 0) is 55.7 Å². The zero-order valence-electron chi connectivity index (χ0n) is 13.4. The number of halogens is 1. The van der Waals surface area contributed by atoms with Crippen molar-refractivity contribution in [2.45, 2.75) is 26.2 Å². The Morgan fingerprint density at radius 1 is 1.33 bits per heavy atom. The molecule has 0 radical (unpaired) electrons. The number of fused-ring (bicyclic) bond motifs is 3. The Kier molecular flexibility index (Phi) is 3.56. The van der Waals surface area contributed by atoms with Crippen LogP contribution in [0.3, 0.4) is 0 Å². The van der Waals surface area contributed by atoms with E-state index in [4.69, 9.17) is 0 Å². The van der Waals surface area contributed by atoms with Crippen molar-refractivity contribution < 1.29 is 9.18 Å². The first kappa shape index (κ1) is 14.9. The molecule has 0 spiro atoms. The van der Waals surface area contributed by atoms with E-state index in [9.17, 15) is 9.18 Å². The van der Waals surface area contributed by atoms with Crippen LogP contribution in [0.2, 0.25) is 0 Å². The van der Waals surface area contributed by atoms with Gasteiger partial charge in [-0.25, -0.2) is 9.37 Å². The summed E-state index contributed by atoms with van der Waals surface area (Å²) in [6.45, 7) is 2.04. The minimum absolute atomic E-state index is 0.0617. The summed E-state index contributed by atoms with van der Waals surface area (Å²) in [6, 6.07) is 10.1. The van der Waals surface area contributed by atoms with Gasteiger partial charge in [0, 0.05) is 29.9 Å². The first-order valence-electron chi connectivity index (χ1n) is 8.13. The summed E-state index contributed by atoms with van der Waals surface area (Å²) in [7, 11) is 0. The lowest BCUT2D eigenvalue weighted by molar-refractivity contribution is -0.120. The number of pyridine rings is 1. The summed E-state index contributed by atoms with van der Waals surface area (Å²) in [4.78, 5) is 17.2. The second-order valence-corrected chi connectivity index (χ2v) is 6.38. The molecule has 0 aliphatic heterocycles. The Balaban J connectivity index is 1.57. The number of carbonyl (C=O) groups is 1. The zero-order valence-corrected chi connectivity index (χ0v) is 13.4. The third-order valence-corrected chi connectivity index (χ3v) is 4.60. The molecule has 24 heavy (non-hydrogen) atoms. The fourth-order valence-electron chi connectivity index (χ4n) is 3.34. The number of aryl methyl sites for hydroxylation is 2. The van der Waals surface area contributed by atoms with E-state index in [1.165, 1.54) is 17.7 Å². The van der Waals surface area contributed by atoms with Crippen molar-refractivity contribution in [1.82, 2.24) is 9.38 Å². The van der Waals surface area contributed by atoms with Gasteiger partial charge in [0.05, 0.1) is 5.69 Å². The molecule has 3 aromatic rings. The Labute approximate surface area is 139 Å². The van der Waals surface area contributed by atoms with Crippen molar-refractivity contribution >= 4 is 17.2 Å². The summed E-state index contributed by atoms with van der Waals surface area (Å²) in [5.41, 5.74) is 4.79. The van der Waals surface area contributed by atoms with Crippen LogP contribution in [0.1, 0.15) is 23.4 Å². The van der Waals surface area contributed by atoms with Gasteiger partial charge in [-0.2, -0.15) is 0 Å². The number of anilines is 1. The smallest absolute Gasteiger partial charge is 0.227 e. The van der Waals surface area contributed by atoms with E-state index >= 15 is 0 Å². The Morgan fingerprint density at radius 3 is 3.04 bits per heavy atom. The number of carbonyl (C=O) groups excluding carboxylic acids is 1. The molecule has 0 fully saturated rings. The lowest BCUT2D eigenvalue weighted by Crippen LogP contribution is -2.28. The van der Waals surface area contributed by atoms with Gasteiger partial charge in [0.15, 0.2) is 0 Å². The number of hydrogen-bond acceptors (Lipinski definition) is 2. The van der Waals surface area contributed by atoms with E-state index in [0.717, 1.165) is 29.9 Å². The average Bonchev–Trinajstić information content (AvgIpc) is 2.91. The van der Waals surface area contributed by atoms with Gasteiger partial charge >= 0.3 is 0 Å². The molecule has 0 bridgehead atoms. The van der Waals surface area contributed by atoms with E-state index in [-0.39, 0.29) is 17.6 Å². The Morgan fingerprint density at radius 2 is 2.21 bits per heavy atom. The topological polar surface area (TPSA) is 46.4 Å². The summed E-state index contributed by atoms with van der Waals surface area (Å²) >= 11 is 0. The van der Waals surface area contributed by atoms with E-state index in [1.807, 2.05) is 19.2 Å². The van der Waals surface area contributed by atoms with Gasteiger partial charge in [0.25, 0.3) is 0 Å². The van der Waals surface area contributed by atoms with Gasteiger partial charge < -0.3 is 9.72 Å². The second-order valence-electron chi connectivity index (χ2n) is 6.38. The number of benzene rings is 1. The molecule has 122 valence electrons. The number of nitrogens with zero attached hydrogens (tertiary/aromatic N) is 2. The van der Waals surface area contributed by atoms with E-state index < -0.39 is 0 Å². The van der Waals surface area contributed by atoms with Crippen LogP contribution in [-0.4, -0.2) is 15.3 Å². The van der Waals surface area contributed by atoms with Crippen LogP contribution in [0.5, 0.6) is 0 Å². The molecule has 0 saturated carbocycles. The second kappa shape index (κ2) is 5.74. The van der Waals surface area contributed by atoms with Gasteiger partial charge in [-0.15, -0.1) is 0 Å². The molecule has 1 N–H and O–H groups in total. The molecule has 1 unspecified atom stereocenters. The van der Waals surface area contributed by atoms with Crippen LogP contribution in [0.15, 0.2) is 42.6 Å². The maximum Gasteiger partial charge on any atom is 0.227 e. The fraction of sp³-hybridized carbons (Fsp3) is 0.263. The van der Waals surface area contributed by atoms with E-state index in [1.54, 1.807) is 12.1 Å². The SMILES string of the molecule is Cc1ccn2c3c(nc2c1)CCC(C(=O)Nc1cccc(F)c1)C3. The van der Waals surface area contributed by atoms with Crippen molar-refractivity contribution in [3.8, 4) is 0 Å². The largest absolute Gasteiger partial charge is 0.326 e. The van der Waals surface area contributed by atoms with Crippen LogP contribution in [-0.2, 0) is 17.6 Å². The van der Waals surface area contributed by atoms with Gasteiger partial charge in [0.1, 0.15) is 11.5 Å².